The van der Waals surface area contributed by atoms with E-state index in [4.69, 9.17) is 0 Å². The summed E-state index contributed by atoms with van der Waals surface area (Å²) in [6.07, 6.45) is 1.05. The highest BCUT2D eigenvalue weighted by Gasteiger charge is 2.41. The lowest BCUT2D eigenvalue weighted by Crippen LogP contribution is -2.50. The number of amides is 1. The predicted octanol–water partition coefficient (Wildman–Crippen LogP) is 1.88. The van der Waals surface area contributed by atoms with Crippen molar-refractivity contribution in [2.45, 2.75) is 32.4 Å². The number of carbonyl (C=O) groups excluding carboxylic acids is 1. The van der Waals surface area contributed by atoms with Crippen LogP contribution in [0.15, 0.2) is 18.2 Å². The zero-order chi connectivity index (χ0) is 15.7. The molecule has 0 bridgehead atoms. The van der Waals surface area contributed by atoms with Crippen LogP contribution in [0.5, 0.6) is 5.75 Å². The lowest BCUT2D eigenvalue weighted by molar-refractivity contribution is -0.120. The number of hydrogen-bond donors (Lipinski definition) is 1. The minimum atomic E-state index is -3.54. The molecular formula is C14H21NO4S. The summed E-state index contributed by atoms with van der Waals surface area (Å²) in [6.45, 7) is 6.68. The molecule has 0 spiro atoms. The van der Waals surface area contributed by atoms with E-state index in [0.29, 0.717) is 12.2 Å². The lowest BCUT2D eigenvalue weighted by atomic mass is 10.1. The van der Waals surface area contributed by atoms with E-state index in [1.54, 1.807) is 19.9 Å². The maximum atomic E-state index is 12.6. The van der Waals surface area contributed by atoms with Crippen molar-refractivity contribution in [3.05, 3.63) is 23.8 Å². The number of aromatic hydroxyl groups is 1. The Hall–Kier alpha value is -1.56. The van der Waals surface area contributed by atoms with Crippen molar-refractivity contribution in [2.75, 3.05) is 17.7 Å². The molecule has 1 N–H and O–H groups in total. The molecular weight excluding hydrogens is 278 g/mol. The average molecular weight is 299 g/mol. The van der Waals surface area contributed by atoms with Gasteiger partial charge in [-0.15, -0.1) is 0 Å². The van der Waals surface area contributed by atoms with Crippen LogP contribution in [0.3, 0.4) is 0 Å². The number of aryl methyl sites for hydroxylation is 1. The molecule has 0 aliphatic rings. The lowest BCUT2D eigenvalue weighted by Gasteiger charge is -2.31. The van der Waals surface area contributed by atoms with Crippen LogP contribution in [0.2, 0.25) is 0 Å². The maximum absolute atomic E-state index is 12.6. The Kier molecular flexibility index (Phi) is 4.49. The summed E-state index contributed by atoms with van der Waals surface area (Å²) in [4.78, 5) is 14.0. The molecule has 0 radical (unpaired) electrons. The molecule has 1 aromatic carbocycles. The van der Waals surface area contributed by atoms with E-state index in [1.165, 1.54) is 30.9 Å². The van der Waals surface area contributed by atoms with Crippen molar-refractivity contribution in [3.63, 3.8) is 0 Å². The van der Waals surface area contributed by atoms with Gasteiger partial charge in [0.2, 0.25) is 5.91 Å². The van der Waals surface area contributed by atoms with Gasteiger partial charge >= 0.3 is 0 Å². The molecule has 0 aromatic heterocycles. The molecule has 6 heteroatoms. The Bertz CT molecular complexity index is 620. The molecule has 0 fully saturated rings. The molecule has 0 saturated heterocycles. The number of carbonyl (C=O) groups is 1. The number of phenolic OH excluding ortho intramolecular Hbond substituents is 1. The van der Waals surface area contributed by atoms with E-state index in [1.807, 2.05) is 0 Å². The van der Waals surface area contributed by atoms with E-state index in [9.17, 15) is 18.3 Å². The van der Waals surface area contributed by atoms with Crippen molar-refractivity contribution in [1.82, 2.24) is 0 Å². The van der Waals surface area contributed by atoms with Crippen LogP contribution in [0, 0.1) is 6.92 Å². The summed E-state index contributed by atoms with van der Waals surface area (Å²) in [5.41, 5.74) is 1.32. The largest absolute Gasteiger partial charge is 0.508 e. The molecule has 0 aliphatic carbocycles. The third-order valence-corrected chi connectivity index (χ3v) is 5.52. The van der Waals surface area contributed by atoms with Crippen molar-refractivity contribution in [3.8, 4) is 5.75 Å². The maximum Gasteiger partial charge on any atom is 0.247 e. The van der Waals surface area contributed by atoms with E-state index in [2.05, 4.69) is 0 Å². The highest BCUT2D eigenvalue weighted by atomic mass is 32.2. The number of rotatable bonds is 4. The summed E-state index contributed by atoms with van der Waals surface area (Å²) < 4.78 is 22.1. The summed E-state index contributed by atoms with van der Waals surface area (Å²) in [6, 6.07) is 4.68. The summed E-state index contributed by atoms with van der Waals surface area (Å²) in [7, 11) is -3.54. The predicted molar refractivity (Wildman–Crippen MR) is 79.8 cm³/mol. The molecule has 5 nitrogen and oxygen atoms in total. The summed E-state index contributed by atoms with van der Waals surface area (Å²) in [5.74, 6) is -0.467. The Morgan fingerprint density at radius 2 is 1.90 bits per heavy atom. The first-order valence-corrected chi connectivity index (χ1v) is 8.22. The number of sulfone groups is 1. The van der Waals surface area contributed by atoms with E-state index >= 15 is 0 Å². The zero-order valence-corrected chi connectivity index (χ0v) is 13.3. The van der Waals surface area contributed by atoms with E-state index in [-0.39, 0.29) is 5.75 Å². The number of benzene rings is 1. The topological polar surface area (TPSA) is 74.7 Å². The average Bonchev–Trinajstić information content (AvgIpc) is 2.32. The number of anilines is 1. The minimum absolute atomic E-state index is 0.0361. The van der Waals surface area contributed by atoms with Crippen LogP contribution < -0.4 is 4.90 Å². The fourth-order valence-electron chi connectivity index (χ4n) is 1.80. The zero-order valence-electron chi connectivity index (χ0n) is 12.5. The molecule has 0 atom stereocenters. The molecule has 1 rings (SSSR count). The Balaban J connectivity index is 3.34. The highest BCUT2D eigenvalue weighted by molar-refractivity contribution is 7.92. The van der Waals surface area contributed by atoms with Gasteiger partial charge in [-0.25, -0.2) is 8.42 Å². The first-order chi connectivity index (χ1) is 9.02. The third-order valence-electron chi connectivity index (χ3n) is 3.49. The van der Waals surface area contributed by atoms with Crippen LogP contribution in [0.4, 0.5) is 5.69 Å². The van der Waals surface area contributed by atoms with Gasteiger partial charge in [-0.1, -0.05) is 6.07 Å². The van der Waals surface area contributed by atoms with Gasteiger partial charge in [0.1, 0.15) is 10.5 Å². The Morgan fingerprint density at radius 3 is 2.35 bits per heavy atom. The molecule has 112 valence electrons. The van der Waals surface area contributed by atoms with Gasteiger partial charge in [-0.05, 0) is 39.3 Å². The molecule has 1 aromatic rings. The number of nitrogens with zero attached hydrogens (tertiary/aromatic N) is 1. The first kappa shape index (κ1) is 16.5. The fraction of sp³-hybridized carbons (Fsp3) is 0.500. The van der Waals surface area contributed by atoms with Crippen molar-refractivity contribution >= 4 is 21.4 Å². The molecule has 0 saturated carbocycles. The molecule has 1 amide bonds. The first-order valence-electron chi connectivity index (χ1n) is 6.33. The van der Waals surface area contributed by atoms with Gasteiger partial charge < -0.3 is 10.0 Å². The molecule has 20 heavy (non-hydrogen) atoms. The van der Waals surface area contributed by atoms with Crippen LogP contribution in [0.25, 0.3) is 0 Å². The van der Waals surface area contributed by atoms with Gasteiger partial charge in [0, 0.05) is 18.9 Å². The molecule has 0 heterocycles. The van der Waals surface area contributed by atoms with E-state index < -0.39 is 20.5 Å². The van der Waals surface area contributed by atoms with Crippen LogP contribution in [-0.2, 0) is 14.6 Å². The van der Waals surface area contributed by atoms with Crippen molar-refractivity contribution < 1.29 is 18.3 Å². The fourth-order valence-corrected chi connectivity index (χ4v) is 2.22. The van der Waals surface area contributed by atoms with Crippen molar-refractivity contribution in [2.24, 2.45) is 0 Å². The third kappa shape index (κ3) is 2.95. The molecule has 0 aliphatic heterocycles. The minimum Gasteiger partial charge on any atom is -0.508 e. The quantitative estimate of drug-likeness (QED) is 0.921. The second-order valence-electron chi connectivity index (χ2n) is 5.30. The van der Waals surface area contributed by atoms with Gasteiger partial charge in [0.25, 0.3) is 0 Å². The summed E-state index contributed by atoms with van der Waals surface area (Å²) in [5, 5.41) is 9.57. The Labute approximate surface area is 120 Å². The van der Waals surface area contributed by atoms with Gasteiger partial charge in [0.15, 0.2) is 9.84 Å². The van der Waals surface area contributed by atoms with Crippen LogP contribution in [0.1, 0.15) is 26.3 Å². The second kappa shape index (κ2) is 5.44. The second-order valence-corrected chi connectivity index (χ2v) is 7.87. The normalized spacial score (nSPS) is 12.2. The molecule has 0 unspecified atom stereocenters. The van der Waals surface area contributed by atoms with Gasteiger partial charge in [-0.2, -0.15) is 0 Å². The van der Waals surface area contributed by atoms with Crippen LogP contribution >= 0.6 is 0 Å². The van der Waals surface area contributed by atoms with Gasteiger partial charge in [-0.3, -0.25) is 4.79 Å². The van der Waals surface area contributed by atoms with Crippen LogP contribution in [-0.4, -0.2) is 37.0 Å². The SMILES string of the molecule is CCN(C(=O)C(C)(C)S(C)(=O)=O)c1cc(O)ccc1C. The Morgan fingerprint density at radius 1 is 1.35 bits per heavy atom. The number of hydrogen-bond acceptors (Lipinski definition) is 4. The summed E-state index contributed by atoms with van der Waals surface area (Å²) >= 11 is 0. The smallest absolute Gasteiger partial charge is 0.247 e. The number of phenols is 1. The van der Waals surface area contributed by atoms with E-state index in [0.717, 1.165) is 11.8 Å². The van der Waals surface area contributed by atoms with Gasteiger partial charge in [0.05, 0.1) is 5.69 Å². The standard InChI is InChI=1S/C14H21NO4S/c1-6-15(12-9-11(16)8-7-10(12)2)13(17)14(3,4)20(5,18)19/h7-9,16H,6H2,1-5H3. The highest BCUT2D eigenvalue weighted by Crippen LogP contribution is 2.28. The van der Waals surface area contributed by atoms with Crippen molar-refractivity contribution in [1.29, 1.82) is 0 Å². The monoisotopic (exact) mass is 299 g/mol.